The zero-order chi connectivity index (χ0) is 13.9. The molecule has 0 fully saturated rings. The predicted octanol–water partition coefficient (Wildman–Crippen LogP) is 3.36. The molecule has 0 heterocycles. The molecule has 18 heavy (non-hydrogen) atoms. The Morgan fingerprint density at radius 2 is 2.00 bits per heavy atom. The van der Waals surface area contributed by atoms with Crippen molar-refractivity contribution in [1.29, 1.82) is 0 Å². The van der Waals surface area contributed by atoms with Crippen molar-refractivity contribution in [2.24, 2.45) is 0 Å². The molecule has 1 aromatic rings. The third kappa shape index (κ3) is 3.67. The van der Waals surface area contributed by atoms with E-state index in [1.165, 1.54) is 17.9 Å². The highest BCUT2D eigenvalue weighted by Gasteiger charge is 2.18. The third-order valence-electron chi connectivity index (χ3n) is 2.69. The van der Waals surface area contributed by atoms with E-state index in [2.05, 4.69) is 0 Å². The lowest BCUT2D eigenvalue weighted by atomic mass is 10.1. The smallest absolute Gasteiger partial charge is 0.256 e. The van der Waals surface area contributed by atoms with Crippen molar-refractivity contribution in [1.82, 2.24) is 4.90 Å². The van der Waals surface area contributed by atoms with Crippen LogP contribution in [0.2, 0.25) is 0 Å². The summed E-state index contributed by atoms with van der Waals surface area (Å²) in [6, 6.07) is 1.97. The average molecular weight is 276 g/mol. The molecule has 5 heteroatoms. The third-order valence-corrected chi connectivity index (χ3v) is 2.91. The van der Waals surface area contributed by atoms with E-state index < -0.39 is 17.5 Å². The summed E-state index contributed by atoms with van der Waals surface area (Å²) in [4.78, 5) is 13.3. The van der Waals surface area contributed by atoms with E-state index in [-0.39, 0.29) is 16.5 Å². The monoisotopic (exact) mass is 275 g/mol. The van der Waals surface area contributed by atoms with Gasteiger partial charge in [-0.05, 0) is 31.9 Å². The van der Waals surface area contributed by atoms with Gasteiger partial charge in [0.05, 0.1) is 5.56 Å². The summed E-state index contributed by atoms with van der Waals surface area (Å²) in [5, 5.41) is -0.0555. The number of rotatable bonds is 4. The van der Waals surface area contributed by atoms with Crippen LogP contribution in [-0.2, 0) is 0 Å². The van der Waals surface area contributed by atoms with E-state index in [9.17, 15) is 13.6 Å². The van der Waals surface area contributed by atoms with Gasteiger partial charge in [0.25, 0.3) is 5.91 Å². The highest BCUT2D eigenvalue weighted by atomic mass is 35.5. The molecule has 1 rings (SSSR count). The molecule has 0 N–H and O–H groups in total. The van der Waals surface area contributed by atoms with Crippen LogP contribution in [0.5, 0.6) is 0 Å². The number of carbonyl (C=O) groups is 1. The first-order valence-electron chi connectivity index (χ1n) is 5.68. The number of carbonyl (C=O) groups excluding carboxylic acids is 1. The lowest BCUT2D eigenvalue weighted by molar-refractivity contribution is 0.0789. The van der Waals surface area contributed by atoms with Gasteiger partial charge in [-0.3, -0.25) is 4.79 Å². The minimum absolute atomic E-state index is 0.0555. The summed E-state index contributed by atoms with van der Waals surface area (Å²) in [6.07, 6.45) is 0.617. The molecule has 100 valence electrons. The van der Waals surface area contributed by atoms with Gasteiger partial charge in [-0.1, -0.05) is 0 Å². The van der Waals surface area contributed by atoms with Gasteiger partial charge in [0.15, 0.2) is 0 Å². The molecule has 0 saturated carbocycles. The lowest BCUT2D eigenvalue weighted by Gasteiger charge is -2.18. The fraction of sp³-hybridized carbons (Fsp3) is 0.462. The Labute approximate surface area is 111 Å². The summed E-state index contributed by atoms with van der Waals surface area (Å²) < 4.78 is 26.6. The van der Waals surface area contributed by atoms with Crippen LogP contribution in [0.1, 0.15) is 29.3 Å². The van der Waals surface area contributed by atoms with Crippen LogP contribution in [-0.4, -0.2) is 29.8 Å². The maximum atomic E-state index is 13.5. The van der Waals surface area contributed by atoms with Gasteiger partial charge < -0.3 is 4.90 Å². The Bertz CT molecular complexity index is 449. The SMILES string of the molecule is Cc1cc(C(=O)N(C)CCC(C)Cl)c(F)cc1F. The Balaban J connectivity index is 2.87. The molecule has 1 amide bonds. The molecule has 0 radical (unpaired) electrons. The number of aryl methyl sites for hydroxylation is 1. The van der Waals surface area contributed by atoms with Gasteiger partial charge in [-0.15, -0.1) is 11.6 Å². The summed E-state index contributed by atoms with van der Waals surface area (Å²) >= 11 is 5.79. The van der Waals surface area contributed by atoms with Gasteiger partial charge in [0, 0.05) is 25.0 Å². The van der Waals surface area contributed by atoms with E-state index in [4.69, 9.17) is 11.6 Å². The van der Waals surface area contributed by atoms with Crippen molar-refractivity contribution in [3.05, 3.63) is 34.9 Å². The summed E-state index contributed by atoms with van der Waals surface area (Å²) in [6.45, 7) is 3.74. The van der Waals surface area contributed by atoms with Crippen molar-refractivity contribution in [3.63, 3.8) is 0 Å². The van der Waals surface area contributed by atoms with Crippen molar-refractivity contribution in [2.75, 3.05) is 13.6 Å². The molecular formula is C13H16ClF2NO. The molecule has 1 aromatic carbocycles. The van der Waals surface area contributed by atoms with Crippen LogP contribution < -0.4 is 0 Å². The molecule has 1 atom stereocenters. The Morgan fingerprint density at radius 3 is 2.56 bits per heavy atom. The molecular weight excluding hydrogens is 260 g/mol. The molecule has 1 unspecified atom stereocenters. The van der Waals surface area contributed by atoms with E-state index in [1.54, 1.807) is 7.05 Å². The number of alkyl halides is 1. The fourth-order valence-electron chi connectivity index (χ4n) is 1.50. The van der Waals surface area contributed by atoms with Crippen molar-refractivity contribution >= 4 is 17.5 Å². The number of hydrogen-bond donors (Lipinski definition) is 0. The van der Waals surface area contributed by atoms with E-state index in [0.717, 1.165) is 6.07 Å². The second kappa shape index (κ2) is 6.14. The highest BCUT2D eigenvalue weighted by Crippen LogP contribution is 2.16. The van der Waals surface area contributed by atoms with E-state index in [0.29, 0.717) is 13.0 Å². The summed E-state index contributed by atoms with van der Waals surface area (Å²) in [5.41, 5.74) is 0.137. The minimum atomic E-state index is -0.839. The summed E-state index contributed by atoms with van der Waals surface area (Å²) in [5.74, 6) is -1.96. The predicted molar refractivity (Wildman–Crippen MR) is 68.0 cm³/mol. The van der Waals surface area contributed by atoms with Crippen molar-refractivity contribution in [2.45, 2.75) is 25.6 Å². The van der Waals surface area contributed by atoms with E-state index >= 15 is 0 Å². The molecule has 0 aromatic heterocycles. The zero-order valence-electron chi connectivity index (χ0n) is 10.6. The standard InChI is InChI=1S/C13H16ClF2NO/c1-8-6-10(12(16)7-11(8)15)13(18)17(3)5-4-9(2)14/h6-7,9H,4-5H2,1-3H3. The topological polar surface area (TPSA) is 20.3 Å². The maximum Gasteiger partial charge on any atom is 0.256 e. The number of benzene rings is 1. The molecule has 0 spiro atoms. The molecule has 0 saturated heterocycles. The quantitative estimate of drug-likeness (QED) is 0.772. The first kappa shape index (κ1) is 14.9. The Morgan fingerprint density at radius 1 is 1.39 bits per heavy atom. The van der Waals surface area contributed by atoms with Crippen LogP contribution in [0.4, 0.5) is 8.78 Å². The van der Waals surface area contributed by atoms with Gasteiger partial charge in [0.1, 0.15) is 11.6 Å². The average Bonchev–Trinajstić information content (AvgIpc) is 2.29. The van der Waals surface area contributed by atoms with Crippen LogP contribution in [0.15, 0.2) is 12.1 Å². The number of nitrogens with zero attached hydrogens (tertiary/aromatic N) is 1. The van der Waals surface area contributed by atoms with Crippen molar-refractivity contribution < 1.29 is 13.6 Å². The van der Waals surface area contributed by atoms with Crippen LogP contribution in [0.25, 0.3) is 0 Å². The number of halogens is 3. The summed E-state index contributed by atoms with van der Waals surface area (Å²) in [7, 11) is 1.57. The first-order chi connectivity index (χ1) is 8.32. The molecule has 0 aliphatic heterocycles. The van der Waals surface area contributed by atoms with Crippen molar-refractivity contribution in [3.8, 4) is 0 Å². The molecule has 0 aliphatic rings. The minimum Gasteiger partial charge on any atom is -0.342 e. The highest BCUT2D eigenvalue weighted by molar-refractivity contribution is 6.20. The van der Waals surface area contributed by atoms with Crippen LogP contribution in [0.3, 0.4) is 0 Å². The van der Waals surface area contributed by atoms with Gasteiger partial charge in [0.2, 0.25) is 0 Å². The second-order valence-electron chi connectivity index (χ2n) is 4.38. The largest absolute Gasteiger partial charge is 0.342 e. The van der Waals surface area contributed by atoms with Gasteiger partial charge in [-0.2, -0.15) is 0 Å². The zero-order valence-corrected chi connectivity index (χ0v) is 11.4. The molecule has 2 nitrogen and oxygen atoms in total. The first-order valence-corrected chi connectivity index (χ1v) is 6.11. The van der Waals surface area contributed by atoms with Crippen LogP contribution >= 0.6 is 11.6 Å². The Kier molecular flexibility index (Phi) is 5.08. The maximum absolute atomic E-state index is 13.5. The number of amides is 1. The molecule has 0 bridgehead atoms. The fourth-order valence-corrected chi connectivity index (χ4v) is 1.60. The molecule has 0 aliphatic carbocycles. The van der Waals surface area contributed by atoms with Gasteiger partial charge in [-0.25, -0.2) is 8.78 Å². The number of hydrogen-bond acceptors (Lipinski definition) is 1. The Hall–Kier alpha value is -1.16. The normalized spacial score (nSPS) is 12.3. The van der Waals surface area contributed by atoms with Gasteiger partial charge >= 0.3 is 0 Å². The van der Waals surface area contributed by atoms with E-state index in [1.807, 2.05) is 6.92 Å². The second-order valence-corrected chi connectivity index (χ2v) is 5.12. The van der Waals surface area contributed by atoms with Crippen LogP contribution in [0, 0.1) is 18.6 Å². The lowest BCUT2D eigenvalue weighted by Crippen LogP contribution is -2.29.